The number of aliphatic imine (C=N–C) groups is 1. The molecule has 1 amide bonds. The molecular formula is C44H29BrF2N4O4S2. The Morgan fingerprint density at radius 3 is 2.39 bits per heavy atom. The third-order valence-corrected chi connectivity index (χ3v) is 11.1. The Kier molecular flexibility index (Phi) is 12.4. The maximum absolute atomic E-state index is 14.6. The van der Waals surface area contributed by atoms with Crippen LogP contribution in [0.4, 0.5) is 8.78 Å². The number of fused-ring (bicyclic) bond motifs is 1. The summed E-state index contributed by atoms with van der Waals surface area (Å²) in [5.41, 5.74) is 2.48. The first-order chi connectivity index (χ1) is 27.7. The lowest BCUT2D eigenvalue weighted by Gasteiger charge is -2.09. The summed E-state index contributed by atoms with van der Waals surface area (Å²) in [6.45, 7) is 0. The van der Waals surface area contributed by atoms with Crippen LogP contribution in [0.25, 0.3) is 21.8 Å². The number of nitrogens with zero attached hydrogens (tertiary/aromatic N) is 4. The van der Waals surface area contributed by atoms with Crippen molar-refractivity contribution in [2.75, 3.05) is 0 Å². The maximum Gasteiger partial charge on any atom is 0.284 e. The fraction of sp³-hybridized carbons (Fsp3) is 0.0682. The second-order valence-corrected chi connectivity index (χ2v) is 15.3. The first-order valence-electron chi connectivity index (χ1n) is 17.5. The molecule has 8 rings (SSSR count). The predicted molar refractivity (Wildman–Crippen MR) is 224 cm³/mol. The molecule has 0 aliphatic carbocycles. The molecule has 3 heterocycles. The van der Waals surface area contributed by atoms with Crippen molar-refractivity contribution in [3.8, 4) is 34.8 Å². The van der Waals surface area contributed by atoms with E-state index in [9.17, 15) is 18.4 Å². The topological polar surface area (TPSA) is 107 Å². The molecule has 57 heavy (non-hydrogen) atoms. The van der Waals surface area contributed by atoms with Crippen molar-refractivity contribution in [3.63, 3.8) is 0 Å². The molecule has 1 aliphatic rings. The van der Waals surface area contributed by atoms with Crippen LogP contribution >= 0.6 is 39.2 Å². The number of nitriles is 1. The molecule has 0 fully saturated rings. The maximum atomic E-state index is 14.6. The van der Waals surface area contributed by atoms with Gasteiger partial charge in [0.15, 0.2) is 11.6 Å². The van der Waals surface area contributed by atoms with Crippen molar-refractivity contribution in [1.29, 1.82) is 5.26 Å². The van der Waals surface area contributed by atoms with Crippen LogP contribution in [-0.2, 0) is 11.2 Å². The number of pyridine rings is 1. The molecule has 0 saturated heterocycles. The van der Waals surface area contributed by atoms with Crippen LogP contribution < -0.4 is 15.0 Å². The van der Waals surface area contributed by atoms with Crippen molar-refractivity contribution >= 4 is 66.3 Å². The number of halogens is 3. The number of thioether (sulfide) groups is 1. The standard InChI is InChI=1S/C25H17BrFN3O2S.C19H12FNO2S/c26-19-12-17(15-28)8-9-21(19)32-22-10-7-16(13-20(22)27)14-23-25(31)30-24(33-23)6-3-5-18-4-1-2-11-29-18;20-13-9-10-18-17(11-13)19(22)21(24-18)14-5-4-8-16(12-14)23-15-6-2-1-3-7-15/h1-2,4,7-14H,3,5-6H2;1-12H/b23-14-;. The lowest BCUT2D eigenvalue weighted by molar-refractivity contribution is -0.113. The summed E-state index contributed by atoms with van der Waals surface area (Å²) < 4.78 is 42.3. The smallest absolute Gasteiger partial charge is 0.284 e. The number of aryl methyl sites for hydroxylation is 1. The number of carbonyl (C=O) groups is 1. The normalized spacial score (nSPS) is 12.8. The van der Waals surface area contributed by atoms with E-state index in [-0.39, 0.29) is 17.2 Å². The van der Waals surface area contributed by atoms with Gasteiger partial charge in [-0.2, -0.15) is 5.26 Å². The number of hydrogen-bond acceptors (Lipinski definition) is 8. The number of ether oxygens (including phenoxy) is 2. The van der Waals surface area contributed by atoms with Gasteiger partial charge >= 0.3 is 0 Å². The molecule has 0 unspecified atom stereocenters. The summed E-state index contributed by atoms with van der Waals surface area (Å²) in [6, 6.07) is 38.1. The number of hydrogen-bond donors (Lipinski definition) is 0. The van der Waals surface area contributed by atoms with Crippen LogP contribution in [0.3, 0.4) is 0 Å². The number of rotatable bonds is 10. The van der Waals surface area contributed by atoms with Gasteiger partial charge in [-0.1, -0.05) is 59.7 Å². The minimum Gasteiger partial charge on any atom is -0.457 e. The van der Waals surface area contributed by atoms with Crippen LogP contribution in [0, 0.1) is 23.0 Å². The molecule has 0 spiro atoms. The van der Waals surface area contributed by atoms with E-state index in [0.717, 1.165) is 34.0 Å². The van der Waals surface area contributed by atoms with E-state index in [1.165, 1.54) is 47.6 Å². The number of carbonyl (C=O) groups excluding carboxylic acids is 1. The predicted octanol–water partition coefficient (Wildman–Crippen LogP) is 11.7. The monoisotopic (exact) mass is 858 g/mol. The van der Waals surface area contributed by atoms with E-state index in [4.69, 9.17) is 14.7 Å². The molecule has 0 radical (unpaired) electrons. The Labute approximate surface area is 342 Å². The Balaban J connectivity index is 0.000000183. The largest absolute Gasteiger partial charge is 0.457 e. The van der Waals surface area contributed by atoms with Crippen molar-refractivity contribution in [2.24, 2.45) is 4.99 Å². The Bertz CT molecular complexity index is 2750. The molecule has 0 saturated carbocycles. The lowest BCUT2D eigenvalue weighted by Crippen LogP contribution is -2.10. The minimum absolute atomic E-state index is 0.0411. The van der Waals surface area contributed by atoms with Gasteiger partial charge in [0.25, 0.3) is 11.5 Å². The average molecular weight is 860 g/mol. The van der Waals surface area contributed by atoms with E-state index >= 15 is 0 Å². The quantitative estimate of drug-likeness (QED) is 0.126. The highest BCUT2D eigenvalue weighted by Crippen LogP contribution is 2.34. The zero-order chi connectivity index (χ0) is 39.7. The highest BCUT2D eigenvalue weighted by Gasteiger charge is 2.22. The van der Waals surface area contributed by atoms with Gasteiger partial charge in [-0.05, 0) is 132 Å². The van der Waals surface area contributed by atoms with E-state index in [1.54, 1.807) is 52.6 Å². The van der Waals surface area contributed by atoms with Gasteiger partial charge in [0.1, 0.15) is 23.1 Å². The summed E-state index contributed by atoms with van der Waals surface area (Å²) in [5, 5.41) is 10.1. The number of benzene rings is 5. The van der Waals surface area contributed by atoms with Crippen molar-refractivity contribution in [2.45, 2.75) is 19.3 Å². The molecule has 8 nitrogen and oxygen atoms in total. The minimum atomic E-state index is -0.562. The first kappa shape index (κ1) is 39.1. The number of amides is 1. The summed E-state index contributed by atoms with van der Waals surface area (Å²) in [6.07, 6.45) is 5.74. The molecule has 13 heteroatoms. The molecule has 5 aromatic carbocycles. The fourth-order valence-electron chi connectivity index (χ4n) is 5.61. The van der Waals surface area contributed by atoms with E-state index in [0.29, 0.717) is 49.5 Å². The molecule has 7 aromatic rings. The van der Waals surface area contributed by atoms with Crippen molar-refractivity contribution in [1.82, 2.24) is 8.94 Å². The summed E-state index contributed by atoms with van der Waals surface area (Å²) in [7, 11) is 0. The fourth-order valence-corrected chi connectivity index (χ4v) is 7.99. The highest BCUT2D eigenvalue weighted by atomic mass is 79.9. The van der Waals surface area contributed by atoms with Crippen LogP contribution in [0.15, 0.2) is 153 Å². The van der Waals surface area contributed by atoms with E-state index < -0.39 is 11.6 Å². The van der Waals surface area contributed by atoms with Gasteiger partial charge in [0.2, 0.25) is 0 Å². The molecule has 0 N–H and O–H groups in total. The summed E-state index contributed by atoms with van der Waals surface area (Å²) in [4.78, 5) is 33.7. The molecule has 1 aliphatic heterocycles. The SMILES string of the molecule is N#Cc1ccc(Oc2ccc(/C=C3\SC(CCCc4ccccn4)=NC3=O)cc2F)c(Br)c1.O=c1c2cc(F)ccc2sn1-c1cccc(Oc2ccccc2)c1. The number of para-hydroxylation sites is 1. The summed E-state index contributed by atoms with van der Waals surface area (Å²) >= 11 is 5.93. The molecule has 282 valence electrons. The Morgan fingerprint density at radius 1 is 0.807 bits per heavy atom. The van der Waals surface area contributed by atoms with Gasteiger partial charge in [0.05, 0.1) is 41.8 Å². The van der Waals surface area contributed by atoms with Gasteiger partial charge in [-0.3, -0.25) is 14.6 Å². The third kappa shape index (κ3) is 9.98. The second-order valence-electron chi connectivity index (χ2n) is 12.4. The molecular weight excluding hydrogens is 831 g/mol. The highest BCUT2D eigenvalue weighted by molar-refractivity contribution is 9.10. The van der Waals surface area contributed by atoms with Gasteiger partial charge < -0.3 is 9.47 Å². The van der Waals surface area contributed by atoms with Crippen molar-refractivity contribution < 1.29 is 23.0 Å². The lowest BCUT2D eigenvalue weighted by atomic mass is 10.2. The van der Waals surface area contributed by atoms with E-state index in [2.05, 4.69) is 25.9 Å². The van der Waals surface area contributed by atoms with Gasteiger partial charge in [-0.25, -0.2) is 17.7 Å². The van der Waals surface area contributed by atoms with E-state index in [1.807, 2.05) is 72.8 Å². The second kappa shape index (κ2) is 18.2. The number of aromatic nitrogens is 2. The first-order valence-corrected chi connectivity index (χ1v) is 19.8. The summed E-state index contributed by atoms with van der Waals surface area (Å²) in [5.74, 6) is 0.506. The average Bonchev–Trinajstić information content (AvgIpc) is 3.74. The van der Waals surface area contributed by atoms with Gasteiger partial charge in [-0.15, -0.1) is 0 Å². The van der Waals surface area contributed by atoms with Gasteiger partial charge in [0, 0.05) is 18.0 Å². The molecule has 0 atom stereocenters. The van der Waals surface area contributed by atoms with Crippen LogP contribution in [0.1, 0.15) is 29.7 Å². The molecule has 0 bridgehead atoms. The Hall–Kier alpha value is -6.20. The third-order valence-electron chi connectivity index (χ3n) is 8.33. The zero-order valence-electron chi connectivity index (χ0n) is 29.8. The Morgan fingerprint density at radius 2 is 1.61 bits per heavy atom. The zero-order valence-corrected chi connectivity index (χ0v) is 33.0. The van der Waals surface area contributed by atoms with Crippen LogP contribution in [0.2, 0.25) is 0 Å². The molecule has 2 aromatic heterocycles. The van der Waals surface area contributed by atoms with Crippen LogP contribution in [-0.4, -0.2) is 19.9 Å². The van der Waals surface area contributed by atoms with Crippen molar-refractivity contribution in [3.05, 3.63) is 182 Å². The van der Waals surface area contributed by atoms with Crippen LogP contribution in [0.5, 0.6) is 23.0 Å².